The Kier molecular flexibility index (Phi) is 8.49. The number of carboxylic acids is 1. The third kappa shape index (κ3) is 7.46. The summed E-state index contributed by atoms with van der Waals surface area (Å²) in [5, 5.41) is 9.20. The van der Waals surface area contributed by atoms with Crippen LogP contribution in [0.3, 0.4) is 0 Å². The van der Waals surface area contributed by atoms with E-state index in [2.05, 4.69) is 6.07 Å². The highest BCUT2D eigenvalue weighted by Gasteiger charge is 2.17. The lowest BCUT2D eigenvalue weighted by Crippen LogP contribution is -2.26. The molecule has 162 valence electrons. The van der Waals surface area contributed by atoms with Crippen molar-refractivity contribution in [1.82, 2.24) is 0 Å². The highest BCUT2D eigenvalue weighted by Crippen LogP contribution is 2.18. The molecule has 3 aromatic rings. The first kappa shape index (κ1) is 22.4. The molecule has 0 fully saturated rings. The molecule has 0 radical (unpaired) electrons. The lowest BCUT2D eigenvalue weighted by molar-refractivity contribution is -0.149. The molecule has 0 saturated heterocycles. The van der Waals surface area contributed by atoms with Gasteiger partial charge in [0.25, 0.3) is 0 Å². The third-order valence-electron chi connectivity index (χ3n) is 4.79. The van der Waals surface area contributed by atoms with Crippen LogP contribution in [0.25, 0.3) is 0 Å². The van der Waals surface area contributed by atoms with Gasteiger partial charge in [0.15, 0.2) is 6.10 Å². The molecule has 1 atom stereocenters. The average molecular weight is 421 g/mol. The van der Waals surface area contributed by atoms with Crippen molar-refractivity contribution in [1.29, 1.82) is 0 Å². The van der Waals surface area contributed by atoms with E-state index in [1.807, 2.05) is 72.8 Å². The van der Waals surface area contributed by atoms with Gasteiger partial charge in [-0.15, -0.1) is 0 Å². The summed E-state index contributed by atoms with van der Waals surface area (Å²) < 4.78 is 17.0. The highest BCUT2D eigenvalue weighted by molar-refractivity contribution is 5.72. The van der Waals surface area contributed by atoms with Crippen molar-refractivity contribution in [2.24, 2.45) is 0 Å². The summed E-state index contributed by atoms with van der Waals surface area (Å²) in [7, 11) is 0. The summed E-state index contributed by atoms with van der Waals surface area (Å²) in [6, 6.07) is 25.6. The van der Waals surface area contributed by atoms with Gasteiger partial charge in [0.1, 0.15) is 18.1 Å². The fourth-order valence-corrected chi connectivity index (χ4v) is 3.17. The number of benzene rings is 3. The van der Waals surface area contributed by atoms with Crippen LogP contribution in [0.5, 0.6) is 11.5 Å². The summed E-state index contributed by atoms with van der Waals surface area (Å²) >= 11 is 0. The van der Waals surface area contributed by atoms with Gasteiger partial charge < -0.3 is 19.3 Å². The van der Waals surface area contributed by atoms with Crippen LogP contribution >= 0.6 is 0 Å². The van der Waals surface area contributed by atoms with Gasteiger partial charge in [0.05, 0.1) is 6.61 Å². The van der Waals surface area contributed by atoms with E-state index in [-0.39, 0.29) is 0 Å². The molecule has 3 rings (SSSR count). The van der Waals surface area contributed by atoms with Crippen molar-refractivity contribution in [3.8, 4) is 11.5 Å². The Morgan fingerprint density at radius 2 is 1.58 bits per heavy atom. The summed E-state index contributed by atoms with van der Waals surface area (Å²) in [5.74, 6) is 0.647. The van der Waals surface area contributed by atoms with E-state index in [0.717, 1.165) is 34.6 Å². The molecule has 1 N–H and O–H groups in total. The SMILES string of the molecule is CCOC(Cc1ccc(OCCc2cccc(OCc3ccccc3)c2)cc1)C(=O)O. The van der Waals surface area contributed by atoms with Crippen LogP contribution in [0.4, 0.5) is 0 Å². The van der Waals surface area contributed by atoms with Crippen LogP contribution in [0.15, 0.2) is 78.9 Å². The van der Waals surface area contributed by atoms with Crippen molar-refractivity contribution < 1.29 is 24.1 Å². The zero-order valence-corrected chi connectivity index (χ0v) is 17.7. The third-order valence-corrected chi connectivity index (χ3v) is 4.79. The van der Waals surface area contributed by atoms with E-state index in [4.69, 9.17) is 14.2 Å². The zero-order chi connectivity index (χ0) is 21.9. The maximum atomic E-state index is 11.2. The smallest absolute Gasteiger partial charge is 0.333 e. The molecule has 3 aromatic carbocycles. The summed E-state index contributed by atoms with van der Waals surface area (Å²) in [5.41, 5.74) is 3.18. The van der Waals surface area contributed by atoms with Crippen LogP contribution in [0.2, 0.25) is 0 Å². The minimum atomic E-state index is -0.947. The van der Waals surface area contributed by atoms with Gasteiger partial charge in [-0.3, -0.25) is 0 Å². The van der Waals surface area contributed by atoms with E-state index in [1.165, 1.54) is 0 Å². The normalized spacial score (nSPS) is 11.6. The molecule has 1 unspecified atom stereocenters. The Hall–Kier alpha value is -3.31. The predicted octanol–water partition coefficient (Wildman–Crippen LogP) is 4.92. The topological polar surface area (TPSA) is 65.0 Å². The Labute approximate surface area is 183 Å². The molecular weight excluding hydrogens is 392 g/mol. The van der Waals surface area contributed by atoms with Gasteiger partial charge in [-0.1, -0.05) is 54.6 Å². The zero-order valence-electron chi connectivity index (χ0n) is 17.7. The predicted molar refractivity (Wildman–Crippen MR) is 120 cm³/mol. The van der Waals surface area contributed by atoms with E-state index in [9.17, 15) is 9.90 Å². The van der Waals surface area contributed by atoms with Crippen LogP contribution < -0.4 is 9.47 Å². The molecule has 0 aromatic heterocycles. The van der Waals surface area contributed by atoms with E-state index < -0.39 is 12.1 Å². The van der Waals surface area contributed by atoms with Crippen LogP contribution in [0, 0.1) is 0 Å². The summed E-state index contributed by atoms with van der Waals surface area (Å²) in [6.07, 6.45) is 0.266. The van der Waals surface area contributed by atoms with Gasteiger partial charge in [0, 0.05) is 19.4 Å². The van der Waals surface area contributed by atoms with Gasteiger partial charge >= 0.3 is 5.97 Å². The molecule has 0 aliphatic carbocycles. The lowest BCUT2D eigenvalue weighted by atomic mass is 10.1. The first-order valence-corrected chi connectivity index (χ1v) is 10.5. The fourth-order valence-electron chi connectivity index (χ4n) is 3.17. The van der Waals surface area contributed by atoms with Crippen molar-refractivity contribution in [2.45, 2.75) is 32.5 Å². The number of aliphatic carboxylic acids is 1. The second-order valence-electron chi connectivity index (χ2n) is 7.15. The van der Waals surface area contributed by atoms with Crippen LogP contribution in [-0.2, 0) is 29.0 Å². The Balaban J connectivity index is 1.46. The molecule has 5 nitrogen and oxygen atoms in total. The second-order valence-corrected chi connectivity index (χ2v) is 7.15. The molecule has 0 aliphatic rings. The molecular formula is C26H28O5. The first-order valence-electron chi connectivity index (χ1n) is 10.5. The number of carbonyl (C=O) groups is 1. The minimum absolute atomic E-state index is 0.333. The van der Waals surface area contributed by atoms with E-state index in [1.54, 1.807) is 6.92 Å². The quantitative estimate of drug-likeness (QED) is 0.451. The molecule has 0 saturated carbocycles. The molecule has 0 heterocycles. The molecule has 0 spiro atoms. The highest BCUT2D eigenvalue weighted by atomic mass is 16.5. The standard InChI is InChI=1S/C26H28O5/c1-2-29-25(26(27)28)18-21-11-13-23(14-12-21)30-16-15-20-9-6-10-24(17-20)31-19-22-7-4-3-5-8-22/h3-14,17,25H,2,15-16,18-19H2,1H3,(H,27,28). The van der Waals surface area contributed by atoms with Crippen molar-refractivity contribution in [3.63, 3.8) is 0 Å². The van der Waals surface area contributed by atoms with Crippen molar-refractivity contribution >= 4 is 5.97 Å². The fraction of sp³-hybridized carbons (Fsp3) is 0.269. The Morgan fingerprint density at radius 3 is 2.29 bits per heavy atom. The maximum absolute atomic E-state index is 11.2. The van der Waals surface area contributed by atoms with Crippen LogP contribution in [0.1, 0.15) is 23.6 Å². The van der Waals surface area contributed by atoms with Crippen LogP contribution in [-0.4, -0.2) is 30.4 Å². The summed E-state index contributed by atoms with van der Waals surface area (Å²) in [6.45, 7) is 3.24. The molecule has 0 aliphatic heterocycles. The second kappa shape index (κ2) is 11.8. The van der Waals surface area contributed by atoms with Gasteiger partial charge in [-0.05, 0) is 47.9 Å². The first-order chi connectivity index (χ1) is 15.1. The van der Waals surface area contributed by atoms with Crippen molar-refractivity contribution in [3.05, 3.63) is 95.6 Å². The average Bonchev–Trinajstić information content (AvgIpc) is 2.79. The Bertz CT molecular complexity index is 938. The number of carboxylic acid groups (broad SMARTS) is 1. The van der Waals surface area contributed by atoms with E-state index >= 15 is 0 Å². The monoisotopic (exact) mass is 420 g/mol. The maximum Gasteiger partial charge on any atom is 0.333 e. The largest absolute Gasteiger partial charge is 0.493 e. The number of ether oxygens (including phenoxy) is 3. The number of hydrogen-bond donors (Lipinski definition) is 1. The summed E-state index contributed by atoms with van der Waals surface area (Å²) in [4.78, 5) is 11.2. The Morgan fingerprint density at radius 1 is 0.839 bits per heavy atom. The van der Waals surface area contributed by atoms with Crippen molar-refractivity contribution in [2.75, 3.05) is 13.2 Å². The molecule has 31 heavy (non-hydrogen) atoms. The lowest BCUT2D eigenvalue weighted by Gasteiger charge is -2.13. The van der Waals surface area contributed by atoms with Gasteiger partial charge in [-0.25, -0.2) is 4.79 Å². The van der Waals surface area contributed by atoms with Gasteiger partial charge in [0.2, 0.25) is 0 Å². The minimum Gasteiger partial charge on any atom is -0.493 e. The number of rotatable bonds is 12. The molecule has 0 bridgehead atoms. The van der Waals surface area contributed by atoms with E-state index in [0.29, 0.717) is 26.2 Å². The van der Waals surface area contributed by atoms with Gasteiger partial charge in [-0.2, -0.15) is 0 Å². The molecule has 5 heteroatoms. The number of hydrogen-bond acceptors (Lipinski definition) is 4. The molecule has 0 amide bonds.